The van der Waals surface area contributed by atoms with Crippen LogP contribution in [-0.2, 0) is 11.3 Å². The van der Waals surface area contributed by atoms with E-state index >= 15 is 0 Å². The summed E-state index contributed by atoms with van der Waals surface area (Å²) in [4.78, 5) is 16.2. The Hall–Kier alpha value is -2.26. The van der Waals surface area contributed by atoms with Gasteiger partial charge in [-0.05, 0) is 50.7 Å². The lowest BCUT2D eigenvalue weighted by molar-refractivity contribution is 0.0528. The zero-order valence-corrected chi connectivity index (χ0v) is 18.1. The average molecular weight is 423 g/mol. The van der Waals surface area contributed by atoms with Crippen molar-refractivity contribution in [1.82, 2.24) is 20.4 Å². The Balaban J connectivity index is 1.33. The number of carbonyl (C=O) groups excluding carboxylic acids is 1. The second-order valence-corrected chi connectivity index (χ2v) is 8.50. The predicted octanol–water partition coefficient (Wildman–Crippen LogP) is 1.93. The van der Waals surface area contributed by atoms with Gasteiger partial charge in [-0.25, -0.2) is 4.79 Å². The Labute approximate surface area is 177 Å². The van der Waals surface area contributed by atoms with E-state index in [1.54, 1.807) is 0 Å². The maximum Gasteiger partial charge on any atom is 0.407 e. The number of nitrogens with zero attached hydrogens (tertiary/aromatic N) is 2. The second kappa shape index (κ2) is 9.49. The molecule has 0 bridgehead atoms. The van der Waals surface area contributed by atoms with Crippen LogP contribution in [0.3, 0.4) is 0 Å². The number of rotatable bonds is 5. The van der Waals surface area contributed by atoms with Crippen molar-refractivity contribution in [1.29, 1.82) is 0 Å². The first-order valence-corrected chi connectivity index (χ1v) is 10.3. The van der Waals surface area contributed by atoms with Gasteiger partial charge in [0.05, 0.1) is 0 Å². The average Bonchev–Trinajstić information content (AvgIpc) is 3.12. The van der Waals surface area contributed by atoms with Crippen LogP contribution in [0.5, 0.6) is 11.5 Å². The number of hydrogen-bond acceptors (Lipinski definition) is 6. The Kier molecular flexibility index (Phi) is 7.02. The molecule has 1 aromatic carbocycles. The summed E-state index contributed by atoms with van der Waals surface area (Å²) in [5.41, 5.74) is 0.726. The molecule has 2 aliphatic heterocycles. The molecule has 3 rings (SSSR count). The number of alkyl carbamates (subject to hydrolysis) is 1. The monoisotopic (exact) mass is 422 g/mol. The van der Waals surface area contributed by atoms with Crippen molar-refractivity contribution in [2.45, 2.75) is 32.9 Å². The SMILES string of the molecule is CC(C)(C)OC(=O)NCCNC(=S)N1CCN(Cc2ccc3c(c2)OCO3)CC1. The first kappa shape index (κ1) is 21.4. The summed E-state index contributed by atoms with van der Waals surface area (Å²) in [6.45, 7) is 11.3. The summed E-state index contributed by atoms with van der Waals surface area (Å²) in [7, 11) is 0. The summed E-state index contributed by atoms with van der Waals surface area (Å²) >= 11 is 5.49. The molecule has 9 heteroatoms. The molecule has 0 spiro atoms. The summed E-state index contributed by atoms with van der Waals surface area (Å²) in [6, 6.07) is 6.11. The molecule has 2 heterocycles. The maximum atomic E-state index is 11.6. The third-order valence-corrected chi connectivity index (χ3v) is 4.97. The van der Waals surface area contributed by atoms with E-state index < -0.39 is 11.7 Å². The van der Waals surface area contributed by atoms with Gasteiger partial charge in [0.15, 0.2) is 16.6 Å². The van der Waals surface area contributed by atoms with Crippen LogP contribution >= 0.6 is 12.2 Å². The number of carbonyl (C=O) groups is 1. The summed E-state index contributed by atoms with van der Waals surface area (Å²) in [5, 5.41) is 6.64. The number of thiocarbonyl (C=S) groups is 1. The summed E-state index contributed by atoms with van der Waals surface area (Å²) in [5.74, 6) is 1.64. The van der Waals surface area contributed by atoms with Crippen molar-refractivity contribution in [3.8, 4) is 11.5 Å². The molecule has 0 aromatic heterocycles. The van der Waals surface area contributed by atoms with E-state index in [0.29, 0.717) is 19.9 Å². The fraction of sp³-hybridized carbons (Fsp3) is 0.600. The molecule has 1 aromatic rings. The highest BCUT2D eigenvalue weighted by Crippen LogP contribution is 2.32. The van der Waals surface area contributed by atoms with Crippen LogP contribution in [-0.4, -0.2) is 72.7 Å². The molecular formula is C20H30N4O4S. The molecular weight excluding hydrogens is 392 g/mol. The predicted molar refractivity (Wildman–Crippen MR) is 114 cm³/mol. The molecule has 1 amide bonds. The van der Waals surface area contributed by atoms with E-state index in [1.807, 2.05) is 26.8 Å². The molecule has 0 radical (unpaired) electrons. The molecule has 0 aliphatic carbocycles. The van der Waals surface area contributed by atoms with E-state index in [2.05, 4.69) is 32.6 Å². The number of nitrogens with one attached hydrogen (secondary N) is 2. The lowest BCUT2D eigenvalue weighted by Gasteiger charge is -2.36. The Morgan fingerprint density at radius 1 is 1.10 bits per heavy atom. The Bertz CT molecular complexity index is 730. The highest BCUT2D eigenvalue weighted by molar-refractivity contribution is 7.80. The summed E-state index contributed by atoms with van der Waals surface area (Å²) in [6.07, 6.45) is -0.414. The smallest absolute Gasteiger partial charge is 0.407 e. The maximum absolute atomic E-state index is 11.6. The summed E-state index contributed by atoms with van der Waals surface area (Å²) < 4.78 is 16.0. The number of ether oxygens (including phenoxy) is 3. The van der Waals surface area contributed by atoms with Gasteiger partial charge in [0, 0.05) is 45.8 Å². The Morgan fingerprint density at radius 3 is 2.52 bits per heavy atom. The molecule has 1 saturated heterocycles. The minimum atomic E-state index is -0.493. The molecule has 0 saturated carbocycles. The van der Waals surface area contributed by atoms with Gasteiger partial charge in [-0.3, -0.25) is 4.90 Å². The van der Waals surface area contributed by atoms with Crippen molar-refractivity contribution in [3.05, 3.63) is 23.8 Å². The van der Waals surface area contributed by atoms with Crippen molar-refractivity contribution < 1.29 is 19.0 Å². The molecule has 1 fully saturated rings. The van der Waals surface area contributed by atoms with Gasteiger partial charge in [0.1, 0.15) is 5.60 Å². The highest BCUT2D eigenvalue weighted by Gasteiger charge is 2.20. The van der Waals surface area contributed by atoms with Gasteiger partial charge in [-0.15, -0.1) is 0 Å². The van der Waals surface area contributed by atoms with E-state index in [1.165, 1.54) is 5.56 Å². The van der Waals surface area contributed by atoms with Gasteiger partial charge in [-0.2, -0.15) is 0 Å². The van der Waals surface area contributed by atoms with Gasteiger partial charge in [0.2, 0.25) is 6.79 Å². The lowest BCUT2D eigenvalue weighted by Crippen LogP contribution is -2.52. The third-order valence-electron chi connectivity index (χ3n) is 4.57. The van der Waals surface area contributed by atoms with Crippen LogP contribution in [0, 0.1) is 0 Å². The van der Waals surface area contributed by atoms with E-state index in [-0.39, 0.29) is 0 Å². The number of fused-ring (bicyclic) bond motifs is 1. The first-order chi connectivity index (χ1) is 13.8. The topological polar surface area (TPSA) is 75.3 Å². The van der Waals surface area contributed by atoms with Gasteiger partial charge >= 0.3 is 6.09 Å². The molecule has 0 unspecified atom stereocenters. The zero-order valence-electron chi connectivity index (χ0n) is 17.3. The second-order valence-electron chi connectivity index (χ2n) is 8.11. The normalized spacial score (nSPS) is 16.4. The molecule has 8 nitrogen and oxygen atoms in total. The largest absolute Gasteiger partial charge is 0.454 e. The molecule has 160 valence electrons. The van der Waals surface area contributed by atoms with Gasteiger partial charge in [0.25, 0.3) is 0 Å². The number of piperazine rings is 1. The molecule has 2 N–H and O–H groups in total. The number of amides is 1. The fourth-order valence-corrected chi connectivity index (χ4v) is 3.45. The fourth-order valence-electron chi connectivity index (χ4n) is 3.17. The van der Waals surface area contributed by atoms with Crippen LogP contribution in [0.25, 0.3) is 0 Å². The zero-order chi connectivity index (χ0) is 20.9. The lowest BCUT2D eigenvalue weighted by atomic mass is 10.1. The number of benzene rings is 1. The van der Waals surface area contributed by atoms with Gasteiger partial charge in [-0.1, -0.05) is 6.07 Å². The minimum absolute atomic E-state index is 0.301. The van der Waals surface area contributed by atoms with Crippen molar-refractivity contribution >= 4 is 23.4 Å². The highest BCUT2D eigenvalue weighted by atomic mass is 32.1. The molecule has 2 aliphatic rings. The van der Waals surface area contributed by atoms with Crippen molar-refractivity contribution in [2.75, 3.05) is 46.1 Å². The van der Waals surface area contributed by atoms with Crippen molar-refractivity contribution in [3.63, 3.8) is 0 Å². The third kappa shape index (κ3) is 6.64. The van der Waals surface area contributed by atoms with E-state index in [9.17, 15) is 4.79 Å². The van der Waals surface area contributed by atoms with Gasteiger partial charge < -0.3 is 29.7 Å². The quantitative estimate of drug-likeness (QED) is 0.551. The number of hydrogen-bond donors (Lipinski definition) is 2. The van der Waals surface area contributed by atoms with Crippen molar-refractivity contribution in [2.24, 2.45) is 0 Å². The molecule has 29 heavy (non-hydrogen) atoms. The van der Waals surface area contributed by atoms with Crippen LogP contribution in [0.1, 0.15) is 26.3 Å². The van der Waals surface area contributed by atoms with Crippen LogP contribution in [0.4, 0.5) is 4.79 Å². The molecule has 0 atom stereocenters. The van der Waals surface area contributed by atoms with E-state index in [4.69, 9.17) is 26.4 Å². The minimum Gasteiger partial charge on any atom is -0.454 e. The standard InChI is InChI=1S/C20H30N4O4S/c1-20(2,3)28-19(25)22-7-6-21-18(29)24-10-8-23(9-11-24)13-15-4-5-16-17(12-15)27-14-26-16/h4-5,12H,6-11,13-14H2,1-3H3,(H,21,29)(H,22,25). The van der Waals surface area contributed by atoms with Crippen LogP contribution in [0.15, 0.2) is 18.2 Å². The Morgan fingerprint density at radius 2 is 1.79 bits per heavy atom. The van der Waals surface area contributed by atoms with Crippen LogP contribution in [0.2, 0.25) is 0 Å². The first-order valence-electron chi connectivity index (χ1n) is 9.91. The van der Waals surface area contributed by atoms with E-state index in [0.717, 1.165) is 49.3 Å². The van der Waals surface area contributed by atoms with Crippen LogP contribution < -0.4 is 20.1 Å².